The van der Waals surface area contributed by atoms with Crippen LogP contribution in [0.3, 0.4) is 0 Å². The van der Waals surface area contributed by atoms with E-state index in [-0.39, 0.29) is 23.5 Å². The van der Waals surface area contributed by atoms with Crippen LogP contribution in [0, 0.1) is 5.41 Å². The van der Waals surface area contributed by atoms with Gasteiger partial charge in [-0.2, -0.15) is 10.1 Å². The van der Waals surface area contributed by atoms with Crippen LogP contribution < -0.4 is 5.01 Å². The van der Waals surface area contributed by atoms with Gasteiger partial charge in [-0.05, 0) is 41.9 Å². The summed E-state index contributed by atoms with van der Waals surface area (Å²) in [6.45, 7) is 1.96. The summed E-state index contributed by atoms with van der Waals surface area (Å²) in [6, 6.07) is 17.6. The van der Waals surface area contributed by atoms with Crippen molar-refractivity contribution in [2.75, 3.05) is 5.01 Å². The van der Waals surface area contributed by atoms with Crippen LogP contribution in [0.15, 0.2) is 70.5 Å². The summed E-state index contributed by atoms with van der Waals surface area (Å²) < 4.78 is 0. The van der Waals surface area contributed by atoms with Crippen molar-refractivity contribution in [1.82, 2.24) is 0 Å². The summed E-state index contributed by atoms with van der Waals surface area (Å²) in [4.78, 5) is 29.1. The molecule has 0 radical (unpaired) electrons. The number of hydrogen-bond acceptors (Lipinski definition) is 5. The smallest absolute Gasteiger partial charge is 0.260 e. The highest BCUT2D eigenvalue weighted by atomic mass is 32.1. The quantitative estimate of drug-likeness (QED) is 0.566. The zero-order chi connectivity index (χ0) is 20.0. The zero-order valence-electron chi connectivity index (χ0n) is 15.9. The Balaban J connectivity index is 1.71. The molecule has 4 nitrogen and oxygen atoms in total. The number of carbonyl (C=O) groups excluding carboxylic acids is 2. The minimum atomic E-state index is -0.834. The van der Waals surface area contributed by atoms with E-state index in [0.717, 1.165) is 21.2 Å². The Morgan fingerprint density at radius 3 is 2.00 bits per heavy atom. The highest BCUT2D eigenvalue weighted by molar-refractivity contribution is 7.10. The SMILES string of the molecule is CC1=NN(c2ccccc2)C(=O)C12[C@H](c1cccs1)CC(=O)C[C@H]2c1cccs1. The fraction of sp³-hybridized carbons (Fsp3) is 0.261. The van der Waals surface area contributed by atoms with Gasteiger partial charge >= 0.3 is 0 Å². The van der Waals surface area contributed by atoms with E-state index >= 15 is 0 Å². The molecule has 3 aromatic rings. The molecule has 0 bridgehead atoms. The van der Waals surface area contributed by atoms with E-state index in [4.69, 9.17) is 5.10 Å². The molecule has 1 saturated carbocycles. The number of hydrogen-bond donors (Lipinski definition) is 0. The van der Waals surface area contributed by atoms with Gasteiger partial charge in [0.2, 0.25) is 0 Å². The number of rotatable bonds is 3. The Labute approximate surface area is 177 Å². The summed E-state index contributed by atoms with van der Waals surface area (Å²) in [7, 11) is 0. The van der Waals surface area contributed by atoms with Crippen LogP contribution >= 0.6 is 22.7 Å². The van der Waals surface area contributed by atoms with Gasteiger partial charge in [0.1, 0.15) is 11.2 Å². The molecule has 2 atom stereocenters. The summed E-state index contributed by atoms with van der Waals surface area (Å²) in [5.41, 5.74) is 0.732. The second-order valence-corrected chi connectivity index (χ2v) is 9.55. The van der Waals surface area contributed by atoms with E-state index in [0.29, 0.717) is 12.8 Å². The number of amides is 1. The van der Waals surface area contributed by atoms with E-state index in [1.165, 1.54) is 0 Å². The van der Waals surface area contributed by atoms with Crippen molar-refractivity contribution < 1.29 is 9.59 Å². The molecule has 1 aliphatic heterocycles. The largest absolute Gasteiger partial charge is 0.300 e. The van der Waals surface area contributed by atoms with Crippen molar-refractivity contribution in [3.8, 4) is 0 Å². The molecule has 2 aliphatic rings. The average molecular weight is 421 g/mol. The number of Topliss-reactive ketones (excluding diaryl/α,β-unsaturated/α-hetero) is 1. The molecule has 1 spiro atoms. The Bertz CT molecular complexity index is 1030. The van der Waals surface area contributed by atoms with Crippen LogP contribution in [0.4, 0.5) is 5.69 Å². The maximum atomic E-state index is 14.1. The Kier molecular flexibility index (Phi) is 4.48. The van der Waals surface area contributed by atoms with Crippen LogP contribution in [-0.4, -0.2) is 17.4 Å². The predicted molar refractivity (Wildman–Crippen MR) is 118 cm³/mol. The highest BCUT2D eigenvalue weighted by Gasteiger charge is 2.63. The van der Waals surface area contributed by atoms with Crippen molar-refractivity contribution in [3.05, 3.63) is 75.1 Å². The van der Waals surface area contributed by atoms with Gasteiger partial charge in [0.05, 0.1) is 11.4 Å². The zero-order valence-corrected chi connectivity index (χ0v) is 17.6. The number of carbonyl (C=O) groups is 2. The summed E-state index contributed by atoms with van der Waals surface area (Å²) >= 11 is 3.24. The first-order valence-electron chi connectivity index (χ1n) is 9.66. The lowest BCUT2D eigenvalue weighted by Crippen LogP contribution is -2.51. The number of ketones is 1. The first-order valence-corrected chi connectivity index (χ1v) is 11.4. The van der Waals surface area contributed by atoms with Gasteiger partial charge in [0, 0.05) is 34.4 Å². The topological polar surface area (TPSA) is 49.7 Å². The molecular weight excluding hydrogens is 400 g/mol. The lowest BCUT2D eigenvalue weighted by Gasteiger charge is -2.44. The standard InChI is InChI=1S/C23H20N2O2S2/c1-15-23(22(27)25(24-15)16-7-3-2-4-8-16)18(20-9-5-11-28-20)13-17(26)14-19(23)21-10-6-12-29-21/h2-12,18-19H,13-14H2,1H3/t18-,19-/m0/s1. The van der Waals surface area contributed by atoms with Gasteiger partial charge in [0.25, 0.3) is 5.91 Å². The van der Waals surface area contributed by atoms with Gasteiger partial charge in [-0.15, -0.1) is 22.7 Å². The first-order chi connectivity index (χ1) is 14.1. The number of anilines is 1. The molecule has 2 aromatic heterocycles. The van der Waals surface area contributed by atoms with Crippen LogP contribution in [0.1, 0.15) is 41.4 Å². The van der Waals surface area contributed by atoms with Crippen molar-refractivity contribution in [2.45, 2.75) is 31.6 Å². The normalized spacial score (nSPS) is 23.6. The van der Waals surface area contributed by atoms with E-state index in [1.807, 2.05) is 72.3 Å². The molecule has 5 rings (SSSR count). The fourth-order valence-corrected chi connectivity index (χ4v) is 6.70. The number of para-hydroxylation sites is 1. The summed E-state index contributed by atoms with van der Waals surface area (Å²) in [6.07, 6.45) is 0.757. The molecule has 1 aromatic carbocycles. The second kappa shape index (κ2) is 7.04. The van der Waals surface area contributed by atoms with Crippen LogP contribution in [-0.2, 0) is 9.59 Å². The minimum Gasteiger partial charge on any atom is -0.300 e. The fourth-order valence-electron chi connectivity index (χ4n) is 4.89. The Morgan fingerprint density at radius 1 is 0.897 bits per heavy atom. The first kappa shape index (κ1) is 18.5. The Morgan fingerprint density at radius 2 is 1.48 bits per heavy atom. The van der Waals surface area contributed by atoms with E-state index < -0.39 is 5.41 Å². The Hall–Kier alpha value is -2.57. The van der Waals surface area contributed by atoms with Gasteiger partial charge in [-0.1, -0.05) is 30.3 Å². The maximum absolute atomic E-state index is 14.1. The third kappa shape index (κ3) is 2.74. The van der Waals surface area contributed by atoms with Crippen molar-refractivity contribution >= 4 is 45.8 Å². The molecule has 29 heavy (non-hydrogen) atoms. The number of thiophene rings is 2. The maximum Gasteiger partial charge on any atom is 0.260 e. The lowest BCUT2D eigenvalue weighted by atomic mass is 9.56. The molecule has 0 N–H and O–H groups in total. The van der Waals surface area contributed by atoms with Gasteiger partial charge in [0.15, 0.2) is 0 Å². The summed E-state index contributed by atoms with van der Waals surface area (Å²) in [5, 5.41) is 10.3. The van der Waals surface area contributed by atoms with Crippen molar-refractivity contribution in [3.63, 3.8) is 0 Å². The molecule has 1 fully saturated rings. The third-order valence-corrected chi connectivity index (χ3v) is 8.10. The molecule has 146 valence electrons. The van der Waals surface area contributed by atoms with Gasteiger partial charge in [-0.3, -0.25) is 9.59 Å². The molecule has 1 aliphatic carbocycles. The highest BCUT2D eigenvalue weighted by Crippen LogP contribution is 2.59. The molecule has 3 heterocycles. The minimum absolute atomic E-state index is 0.0227. The number of nitrogens with zero attached hydrogens (tertiary/aromatic N) is 2. The van der Waals surface area contributed by atoms with E-state index in [9.17, 15) is 9.59 Å². The van der Waals surface area contributed by atoms with Gasteiger partial charge < -0.3 is 0 Å². The van der Waals surface area contributed by atoms with Crippen molar-refractivity contribution in [2.24, 2.45) is 10.5 Å². The molecule has 6 heteroatoms. The summed E-state index contributed by atoms with van der Waals surface area (Å²) in [5.74, 6) is -0.196. The molecule has 1 amide bonds. The molecule has 0 unspecified atom stereocenters. The average Bonchev–Trinajstić information content (AvgIpc) is 3.49. The van der Waals surface area contributed by atoms with E-state index in [2.05, 4.69) is 0 Å². The predicted octanol–water partition coefficient (Wildman–Crippen LogP) is 5.45. The lowest BCUT2D eigenvalue weighted by molar-refractivity contribution is -0.131. The van der Waals surface area contributed by atoms with Crippen LogP contribution in [0.5, 0.6) is 0 Å². The monoisotopic (exact) mass is 420 g/mol. The number of hydrazone groups is 1. The van der Waals surface area contributed by atoms with Crippen LogP contribution in [0.25, 0.3) is 0 Å². The van der Waals surface area contributed by atoms with E-state index in [1.54, 1.807) is 27.7 Å². The van der Waals surface area contributed by atoms with Crippen molar-refractivity contribution in [1.29, 1.82) is 0 Å². The molecule has 0 saturated heterocycles. The van der Waals surface area contributed by atoms with Crippen LogP contribution in [0.2, 0.25) is 0 Å². The second-order valence-electron chi connectivity index (χ2n) is 7.59. The number of benzene rings is 1. The third-order valence-electron chi connectivity index (χ3n) is 6.13. The molecular formula is C23H20N2O2S2. The van der Waals surface area contributed by atoms with Gasteiger partial charge in [-0.25, -0.2) is 0 Å².